The van der Waals surface area contributed by atoms with E-state index in [-0.39, 0.29) is 38.6 Å². The van der Waals surface area contributed by atoms with Gasteiger partial charge in [0.2, 0.25) is 11.8 Å². The summed E-state index contributed by atoms with van der Waals surface area (Å²) < 4.78 is 86.3. The molecule has 0 aromatic carbocycles. The summed E-state index contributed by atoms with van der Waals surface area (Å²) in [5.41, 5.74) is 5.54. The van der Waals surface area contributed by atoms with Crippen LogP contribution in [0.2, 0.25) is 0 Å². The summed E-state index contributed by atoms with van der Waals surface area (Å²) >= 11 is 0. The molecule has 30 heteroatoms. The van der Waals surface area contributed by atoms with E-state index in [2.05, 4.69) is 52.2 Å². The molecule has 0 radical (unpaired) electrons. The van der Waals surface area contributed by atoms with Crippen molar-refractivity contribution in [1.82, 2.24) is 10.6 Å². The molecule has 11 N–H and O–H groups in total. The highest BCUT2D eigenvalue weighted by Gasteiger charge is 2.55. The van der Waals surface area contributed by atoms with Crippen molar-refractivity contribution in [2.45, 2.75) is 551 Å². The molecule has 2 fully saturated rings. The molecule has 0 aromatic rings. The Morgan fingerprint density at radius 1 is 0.381 bits per heavy atom. The zero-order chi connectivity index (χ0) is 92.5. The lowest BCUT2D eigenvalue weighted by Gasteiger charge is -2.46. The van der Waals surface area contributed by atoms with E-state index in [0.29, 0.717) is 44.9 Å². The van der Waals surface area contributed by atoms with E-state index in [1.54, 1.807) is 0 Å². The molecule has 28 nitrogen and oxygen atoms in total. The van der Waals surface area contributed by atoms with Gasteiger partial charge in [0.1, 0.15) is 48.7 Å². The van der Waals surface area contributed by atoms with Crippen LogP contribution in [0.4, 0.5) is 0 Å². The van der Waals surface area contributed by atoms with Gasteiger partial charge in [0.25, 0.3) is 0 Å². The highest BCUT2D eigenvalue weighted by molar-refractivity contribution is 7.61. The number of carbonyl (C=O) groups excluding carboxylic acids is 6. The fourth-order valence-electron chi connectivity index (χ4n) is 16.7. The average Bonchev–Trinajstić information content (AvgIpc) is 0.765. The lowest BCUT2D eigenvalue weighted by Crippen LogP contribution is -2.68. The monoisotopic (exact) mass is 1840 g/mol. The van der Waals surface area contributed by atoms with Crippen LogP contribution in [0.5, 0.6) is 0 Å². The van der Waals surface area contributed by atoms with Crippen molar-refractivity contribution < 1.29 is 120 Å². The van der Waals surface area contributed by atoms with E-state index in [4.69, 9.17) is 52.2 Å². The summed E-state index contributed by atoms with van der Waals surface area (Å²) in [6.45, 7) is 10.00. The highest BCUT2D eigenvalue weighted by Crippen LogP contribution is 2.61. The molecule has 2 heterocycles. The quantitative estimate of drug-likeness (QED) is 0.0117. The number of phosphoric ester groups is 2. The maximum atomic E-state index is 15.3. The second-order valence-electron chi connectivity index (χ2n) is 36.1. The third kappa shape index (κ3) is 61.5. The van der Waals surface area contributed by atoms with Crippen molar-refractivity contribution in [3.63, 3.8) is 0 Å². The Morgan fingerprint density at radius 2 is 0.714 bits per heavy atom. The van der Waals surface area contributed by atoms with Crippen LogP contribution >= 0.6 is 15.6 Å². The van der Waals surface area contributed by atoms with Crippen LogP contribution in [-0.4, -0.2) is 183 Å². The minimum absolute atomic E-state index is 0.0623. The molecular formula is C96H183N3O25P2. The Bertz CT molecular complexity index is 2790. The molecule has 2 rings (SSSR count). The molecule has 2 saturated heterocycles. The van der Waals surface area contributed by atoms with E-state index in [0.717, 1.165) is 250 Å². The van der Waals surface area contributed by atoms with Gasteiger partial charge in [-0.25, -0.2) is 9.13 Å². The van der Waals surface area contributed by atoms with Crippen molar-refractivity contribution in [2.24, 2.45) is 5.73 Å². The van der Waals surface area contributed by atoms with Crippen molar-refractivity contribution in [3.8, 4) is 0 Å². The van der Waals surface area contributed by atoms with E-state index >= 15 is 9.59 Å². The largest absolute Gasteiger partial charge is 0.481 e. The third-order valence-electron chi connectivity index (χ3n) is 24.2. The van der Waals surface area contributed by atoms with Crippen LogP contribution in [0.3, 0.4) is 0 Å². The van der Waals surface area contributed by atoms with Crippen LogP contribution in [0.1, 0.15) is 465 Å². The van der Waals surface area contributed by atoms with Crippen molar-refractivity contribution >= 4 is 51.3 Å². The Balaban J connectivity index is 2.89. The van der Waals surface area contributed by atoms with E-state index in [1.807, 2.05) is 0 Å². The van der Waals surface area contributed by atoms with Gasteiger partial charge in [0.05, 0.1) is 57.7 Å². The van der Waals surface area contributed by atoms with E-state index < -0.39 is 183 Å². The normalized spacial score (nSPS) is 20.9. The maximum Gasteiger partial charge on any atom is 0.481 e. The number of nitrogens with two attached hydrogens (primary N) is 1. The number of amides is 2. The topological polar surface area (TPSA) is 421 Å². The van der Waals surface area contributed by atoms with Gasteiger partial charge in [-0.15, -0.1) is 0 Å². The zero-order valence-electron chi connectivity index (χ0n) is 79.5. The molecule has 742 valence electrons. The predicted molar refractivity (Wildman–Crippen MR) is 493 cm³/mol. The van der Waals surface area contributed by atoms with Crippen LogP contribution in [0, 0.1) is 0 Å². The fourth-order valence-corrected chi connectivity index (χ4v) is 19.0. The summed E-state index contributed by atoms with van der Waals surface area (Å²) in [5.74, 6) is -4.88. The number of aliphatic hydroxyl groups excluding tert-OH is 5. The number of hydrogen-bond donors (Lipinski definition) is 10. The number of unbranched alkanes of at least 4 members (excludes halogenated alkanes) is 50. The van der Waals surface area contributed by atoms with Gasteiger partial charge in [0, 0.05) is 19.4 Å². The number of carbonyl (C=O) groups is 6. The molecule has 2 unspecified atom stereocenters. The van der Waals surface area contributed by atoms with Gasteiger partial charge in [-0.3, -0.25) is 37.8 Å². The van der Waals surface area contributed by atoms with Crippen LogP contribution in [0.15, 0.2) is 0 Å². The highest BCUT2D eigenvalue weighted by atomic mass is 31.3. The summed E-state index contributed by atoms with van der Waals surface area (Å²) in [6, 6.07) is -3.66. The predicted octanol–water partition coefficient (Wildman–Crippen LogP) is 20.6. The Labute approximate surface area is 761 Å². The standard InChI is InChI=1S/C96H183N3O25P2/c1-7-13-19-25-31-37-38-44-50-56-62-68-86(106)118-80(66-60-54-48-42-35-29-23-17-11-5)74-88(108)122-94-90(99-84(104)73-79(65-59-53-47-41-34-28-22-16-10-4)117-85(105)67-61-55-49-43-36-30-24-18-12-6)96(120-81(75-100)92(94)123-126(113,114)124-125(111,112)116-70-69-97)115-76-82-91(109)93(121-87(107)72-78(102)64-58-52-46-40-33-27-21-15-9-3)89(95(110)119-82)98-83(103)71-77(101)63-57-51-45-39-32-26-20-14-8-2/h77-82,89-96,100-102,109-110H,7-76,97H2,1-6H3,(H,98,103)(H,99,104)(H,111,112)(H,113,114)/t77-,78-,79-,80-,81-,82-,89-,90-,91-,92-,93-,94-,95+,96-/m1/s1. The second kappa shape index (κ2) is 78.1. The maximum absolute atomic E-state index is 15.3. The number of rotatable bonds is 87. The molecule has 0 saturated carbocycles. The Morgan fingerprint density at radius 3 is 1.10 bits per heavy atom. The van der Waals surface area contributed by atoms with Gasteiger partial charge < -0.3 is 84.8 Å². The number of aliphatic hydroxyl groups is 5. The molecule has 2 aliphatic heterocycles. The lowest BCUT2D eigenvalue weighted by molar-refractivity contribution is -0.298. The third-order valence-corrected chi connectivity index (χ3v) is 26.9. The van der Waals surface area contributed by atoms with Gasteiger partial charge in [-0.05, 0) is 51.4 Å². The first-order chi connectivity index (χ1) is 60.9. The molecule has 0 aliphatic carbocycles. The number of nitrogens with one attached hydrogen (secondary N) is 2. The number of phosphoric acid groups is 2. The van der Waals surface area contributed by atoms with E-state index in [9.17, 15) is 63.6 Å². The lowest BCUT2D eigenvalue weighted by atomic mass is 9.95. The number of hydrogen-bond acceptors (Lipinski definition) is 24. The first-order valence-corrected chi connectivity index (χ1v) is 53.9. The average molecular weight is 1840 g/mol. The zero-order valence-corrected chi connectivity index (χ0v) is 81.3. The molecule has 2 amide bonds. The van der Waals surface area contributed by atoms with Crippen LogP contribution < -0.4 is 16.4 Å². The molecular weight excluding hydrogens is 1660 g/mol. The molecule has 0 aromatic heterocycles. The first kappa shape index (κ1) is 119. The Kier molecular flexibility index (Phi) is 73.6. The van der Waals surface area contributed by atoms with Crippen molar-refractivity contribution in [1.29, 1.82) is 0 Å². The van der Waals surface area contributed by atoms with Crippen molar-refractivity contribution in [3.05, 3.63) is 0 Å². The smallest absolute Gasteiger partial charge is 0.462 e. The first-order valence-electron chi connectivity index (χ1n) is 50.9. The minimum atomic E-state index is -5.99. The number of ether oxygens (including phenoxy) is 7. The van der Waals surface area contributed by atoms with Crippen LogP contribution in [-0.2, 0) is 84.4 Å². The molecule has 0 spiro atoms. The Hall–Kier alpha value is -3.28. The van der Waals surface area contributed by atoms with Crippen molar-refractivity contribution in [2.75, 3.05) is 26.4 Å². The SMILES string of the molecule is CCCCCCCCCCCCCC(=O)O[C@H](CCCCCCCCCCC)CC(=O)O[C@@H]1[C@@H](NC(=O)C[C@@H](CCCCCCCCCCC)OC(=O)CCCCCCCCCCC)[C@H](OC[C@H]2O[C@H](O)[C@H](NC(=O)C[C@H](O)CCCCCCCCCCC)[C@@H](OC(=O)C[C@H](O)CCCCCCCCCCC)[C@@H]2O)O[C@H](CO)[C@H]1OP(=O)(O)OP(=O)(O)OCCN. The summed E-state index contributed by atoms with van der Waals surface area (Å²) in [5, 5.41) is 63.7. The van der Waals surface area contributed by atoms with Crippen LogP contribution in [0.25, 0.3) is 0 Å². The summed E-state index contributed by atoms with van der Waals surface area (Å²) in [7, 11) is -11.5. The second-order valence-corrected chi connectivity index (χ2v) is 39.1. The van der Waals surface area contributed by atoms with Gasteiger partial charge in [0.15, 0.2) is 24.8 Å². The molecule has 16 atom stereocenters. The fraction of sp³-hybridized carbons (Fsp3) is 0.938. The number of esters is 4. The molecule has 0 bridgehead atoms. The van der Waals surface area contributed by atoms with Gasteiger partial charge >= 0.3 is 39.5 Å². The van der Waals surface area contributed by atoms with E-state index in [1.165, 1.54) is 70.6 Å². The summed E-state index contributed by atoms with van der Waals surface area (Å²) in [4.78, 5) is 109. The van der Waals surface area contributed by atoms with Gasteiger partial charge in [-0.2, -0.15) is 4.31 Å². The minimum Gasteiger partial charge on any atom is -0.462 e. The molecule has 2 aliphatic rings. The summed E-state index contributed by atoms with van der Waals surface area (Å²) in [6.07, 6.45) is 35.0. The van der Waals surface area contributed by atoms with Gasteiger partial charge in [-0.1, -0.05) is 375 Å². The molecule has 126 heavy (non-hydrogen) atoms.